The van der Waals surface area contributed by atoms with Crippen molar-refractivity contribution in [3.8, 4) is 0 Å². The fraction of sp³-hybridized carbons (Fsp3) is 0.588. The number of rotatable bonds is 6. The van der Waals surface area contributed by atoms with Gasteiger partial charge in [-0.25, -0.2) is 4.98 Å². The molecule has 1 saturated carbocycles. The largest absolute Gasteiger partial charge is 0.352 e. The third-order valence-electron chi connectivity index (χ3n) is 4.12. The summed E-state index contributed by atoms with van der Waals surface area (Å²) in [6.07, 6.45) is 4.39. The lowest BCUT2D eigenvalue weighted by Gasteiger charge is -2.08. The van der Waals surface area contributed by atoms with Crippen molar-refractivity contribution in [3.05, 3.63) is 23.0 Å². The number of fused-ring (bicyclic) bond motifs is 1. The molecule has 0 atom stereocenters. The second-order valence-electron chi connectivity index (χ2n) is 6.61. The van der Waals surface area contributed by atoms with Gasteiger partial charge in [-0.3, -0.25) is 4.79 Å². The van der Waals surface area contributed by atoms with E-state index in [2.05, 4.69) is 29.3 Å². The molecule has 1 fully saturated rings. The summed E-state index contributed by atoms with van der Waals surface area (Å²) in [6.45, 7) is 6.93. The van der Waals surface area contributed by atoms with E-state index in [0.717, 1.165) is 42.5 Å². The van der Waals surface area contributed by atoms with Crippen LogP contribution in [0.1, 0.15) is 67.2 Å². The van der Waals surface area contributed by atoms with Crippen LogP contribution in [0.4, 0.5) is 0 Å². The van der Waals surface area contributed by atoms with Crippen LogP contribution in [-0.2, 0) is 0 Å². The molecule has 0 aliphatic heterocycles. The van der Waals surface area contributed by atoms with Crippen LogP contribution in [0.3, 0.4) is 0 Å². The first-order valence-electron chi connectivity index (χ1n) is 8.11. The number of hydrogen-bond donors (Lipinski definition) is 1. The average molecular weight is 301 g/mol. The van der Waals surface area contributed by atoms with Crippen LogP contribution >= 0.6 is 0 Å². The highest BCUT2D eigenvalue weighted by molar-refractivity contribution is 6.06. The Hall–Kier alpha value is -1.91. The van der Waals surface area contributed by atoms with Crippen molar-refractivity contribution < 1.29 is 9.32 Å². The van der Waals surface area contributed by atoms with E-state index in [9.17, 15) is 4.79 Å². The van der Waals surface area contributed by atoms with Gasteiger partial charge in [-0.1, -0.05) is 19.0 Å². The van der Waals surface area contributed by atoms with Gasteiger partial charge in [-0.05, 0) is 44.6 Å². The van der Waals surface area contributed by atoms with E-state index in [1.165, 1.54) is 0 Å². The summed E-state index contributed by atoms with van der Waals surface area (Å²) in [7, 11) is 0. The van der Waals surface area contributed by atoms with E-state index in [0.29, 0.717) is 29.7 Å². The highest BCUT2D eigenvalue weighted by Gasteiger charge is 2.28. The van der Waals surface area contributed by atoms with Gasteiger partial charge in [0, 0.05) is 18.2 Å². The van der Waals surface area contributed by atoms with Gasteiger partial charge in [0.15, 0.2) is 0 Å². The van der Waals surface area contributed by atoms with Crippen LogP contribution in [0, 0.1) is 12.8 Å². The third kappa shape index (κ3) is 3.13. The van der Waals surface area contributed by atoms with Gasteiger partial charge in [-0.15, -0.1) is 0 Å². The molecule has 1 aliphatic carbocycles. The van der Waals surface area contributed by atoms with Gasteiger partial charge in [0.2, 0.25) is 0 Å². The Kier molecular flexibility index (Phi) is 4.14. The molecule has 5 heteroatoms. The Morgan fingerprint density at radius 1 is 1.45 bits per heavy atom. The molecule has 0 unspecified atom stereocenters. The second kappa shape index (κ2) is 6.07. The Bertz CT molecular complexity index is 687. The SMILES string of the molecule is Cc1noc2nc(C3CC3)cc(C(=O)NCCCC(C)C)c12. The number of nitrogens with one attached hydrogen (secondary N) is 1. The van der Waals surface area contributed by atoms with Crippen molar-refractivity contribution >= 4 is 17.0 Å². The predicted octanol–water partition coefficient (Wildman–Crippen LogP) is 3.57. The monoisotopic (exact) mass is 301 g/mol. The van der Waals surface area contributed by atoms with Crippen LogP contribution in [0.15, 0.2) is 10.6 Å². The number of pyridine rings is 1. The average Bonchev–Trinajstić information content (AvgIpc) is 3.27. The fourth-order valence-electron chi connectivity index (χ4n) is 2.69. The number of carbonyl (C=O) groups is 1. The summed E-state index contributed by atoms with van der Waals surface area (Å²) in [5.74, 6) is 1.08. The Balaban J connectivity index is 1.81. The highest BCUT2D eigenvalue weighted by Crippen LogP contribution is 2.40. The maximum absolute atomic E-state index is 12.5. The number of aromatic nitrogens is 2. The zero-order valence-corrected chi connectivity index (χ0v) is 13.5. The van der Waals surface area contributed by atoms with E-state index in [-0.39, 0.29) is 5.91 Å². The second-order valence-corrected chi connectivity index (χ2v) is 6.61. The molecule has 1 aliphatic rings. The van der Waals surface area contributed by atoms with E-state index >= 15 is 0 Å². The molecule has 5 nitrogen and oxygen atoms in total. The van der Waals surface area contributed by atoms with Gasteiger partial charge < -0.3 is 9.84 Å². The van der Waals surface area contributed by atoms with E-state index in [1.807, 2.05) is 13.0 Å². The molecule has 0 aromatic carbocycles. The number of hydrogen-bond acceptors (Lipinski definition) is 4. The predicted molar refractivity (Wildman–Crippen MR) is 84.9 cm³/mol. The fourth-order valence-corrected chi connectivity index (χ4v) is 2.69. The molecule has 0 radical (unpaired) electrons. The minimum atomic E-state index is -0.0515. The van der Waals surface area contributed by atoms with Crippen molar-refractivity contribution in [1.29, 1.82) is 0 Å². The molecule has 1 N–H and O–H groups in total. The smallest absolute Gasteiger partial charge is 0.259 e. The molecule has 22 heavy (non-hydrogen) atoms. The van der Waals surface area contributed by atoms with Crippen molar-refractivity contribution in [2.75, 3.05) is 6.54 Å². The van der Waals surface area contributed by atoms with E-state index in [1.54, 1.807) is 0 Å². The summed E-state index contributed by atoms with van der Waals surface area (Å²) in [5.41, 5.74) is 2.80. The number of aryl methyl sites for hydroxylation is 1. The molecule has 3 rings (SSSR count). The van der Waals surface area contributed by atoms with Crippen LogP contribution in [0.2, 0.25) is 0 Å². The molecule has 118 valence electrons. The summed E-state index contributed by atoms with van der Waals surface area (Å²) >= 11 is 0. The van der Waals surface area contributed by atoms with Gasteiger partial charge in [0.25, 0.3) is 11.6 Å². The molecular weight excluding hydrogens is 278 g/mol. The molecular formula is C17H23N3O2. The quantitative estimate of drug-likeness (QED) is 0.828. The highest BCUT2D eigenvalue weighted by atomic mass is 16.5. The first-order valence-corrected chi connectivity index (χ1v) is 8.11. The molecule has 0 spiro atoms. The van der Waals surface area contributed by atoms with Crippen molar-refractivity contribution in [1.82, 2.24) is 15.5 Å². The molecule has 0 saturated heterocycles. The normalized spacial score (nSPS) is 14.7. The summed E-state index contributed by atoms with van der Waals surface area (Å²) in [5, 5.41) is 7.72. The molecule has 0 bridgehead atoms. The zero-order chi connectivity index (χ0) is 15.7. The van der Waals surface area contributed by atoms with E-state index in [4.69, 9.17) is 4.52 Å². The van der Waals surface area contributed by atoms with Crippen LogP contribution < -0.4 is 5.32 Å². The minimum Gasteiger partial charge on any atom is -0.352 e. The lowest BCUT2D eigenvalue weighted by molar-refractivity contribution is 0.0954. The Morgan fingerprint density at radius 3 is 2.91 bits per heavy atom. The summed E-state index contributed by atoms with van der Waals surface area (Å²) in [4.78, 5) is 17.1. The maximum atomic E-state index is 12.5. The molecule has 1 amide bonds. The number of nitrogens with zero attached hydrogens (tertiary/aromatic N) is 2. The summed E-state index contributed by atoms with van der Waals surface area (Å²) in [6, 6.07) is 1.92. The van der Waals surface area contributed by atoms with Gasteiger partial charge in [0.05, 0.1) is 16.6 Å². The van der Waals surface area contributed by atoms with Gasteiger partial charge >= 0.3 is 0 Å². The lowest BCUT2D eigenvalue weighted by atomic mass is 10.1. The van der Waals surface area contributed by atoms with E-state index < -0.39 is 0 Å². The third-order valence-corrected chi connectivity index (χ3v) is 4.12. The standard InChI is InChI=1S/C17H23N3O2/c1-10(2)5-4-8-18-16(21)13-9-14(12-6-7-12)19-17-15(13)11(3)20-22-17/h9-10,12H,4-8H2,1-3H3,(H,18,21). The van der Waals surface area contributed by atoms with Crippen LogP contribution in [0.25, 0.3) is 11.1 Å². The zero-order valence-electron chi connectivity index (χ0n) is 13.5. The maximum Gasteiger partial charge on any atom is 0.259 e. The minimum absolute atomic E-state index is 0.0515. The summed E-state index contributed by atoms with van der Waals surface area (Å²) < 4.78 is 5.27. The molecule has 2 aromatic rings. The Morgan fingerprint density at radius 2 is 2.23 bits per heavy atom. The van der Waals surface area contributed by atoms with Gasteiger partial charge in [0.1, 0.15) is 0 Å². The van der Waals surface area contributed by atoms with Crippen molar-refractivity contribution in [2.24, 2.45) is 5.92 Å². The van der Waals surface area contributed by atoms with Crippen molar-refractivity contribution in [3.63, 3.8) is 0 Å². The molecule has 2 aromatic heterocycles. The van der Waals surface area contributed by atoms with Gasteiger partial charge in [-0.2, -0.15) is 0 Å². The number of carbonyl (C=O) groups excluding carboxylic acids is 1. The van der Waals surface area contributed by atoms with Crippen LogP contribution in [0.5, 0.6) is 0 Å². The van der Waals surface area contributed by atoms with Crippen molar-refractivity contribution in [2.45, 2.75) is 52.4 Å². The van der Waals surface area contributed by atoms with Crippen LogP contribution in [-0.4, -0.2) is 22.6 Å². The Labute approximate surface area is 130 Å². The first-order chi connectivity index (χ1) is 10.6. The lowest BCUT2D eigenvalue weighted by Crippen LogP contribution is -2.25. The number of amides is 1. The topological polar surface area (TPSA) is 68.0 Å². The molecule has 2 heterocycles. The first kappa shape index (κ1) is 15.0.